The maximum atomic E-state index is 12.8. The summed E-state index contributed by atoms with van der Waals surface area (Å²) in [5, 5.41) is 10.7. The van der Waals surface area contributed by atoms with E-state index in [2.05, 4.69) is 15.5 Å². The van der Waals surface area contributed by atoms with E-state index in [1.54, 1.807) is 6.92 Å². The molecule has 1 saturated heterocycles. The number of carbonyl (C=O) groups excluding carboxylic acids is 4. The summed E-state index contributed by atoms with van der Waals surface area (Å²) in [6, 6.07) is 4.39. The van der Waals surface area contributed by atoms with Crippen molar-refractivity contribution in [2.24, 2.45) is 0 Å². The molecular formula is C20H20N4O6S2. The quantitative estimate of drug-likeness (QED) is 0.264. The fraction of sp³-hybridized carbons (Fsp3) is 0.400. The number of benzene rings is 1. The second-order valence-corrected chi connectivity index (χ2v) is 9.24. The molecule has 32 heavy (non-hydrogen) atoms. The Morgan fingerprint density at radius 2 is 2.09 bits per heavy atom. The molecule has 1 unspecified atom stereocenters. The second kappa shape index (κ2) is 9.76. The Hall–Kier alpha value is -2.83. The molecule has 3 amide bonds. The van der Waals surface area contributed by atoms with Gasteiger partial charge in [-0.05, 0) is 38.0 Å². The Balaban J connectivity index is 1.40. The lowest BCUT2D eigenvalue weighted by Gasteiger charge is -2.17. The molecule has 12 heteroatoms. The molecule has 2 aliphatic heterocycles. The highest BCUT2D eigenvalue weighted by Gasteiger charge is 2.38. The van der Waals surface area contributed by atoms with Crippen molar-refractivity contribution in [2.75, 3.05) is 30.8 Å². The van der Waals surface area contributed by atoms with Crippen molar-refractivity contribution in [1.82, 2.24) is 15.1 Å². The molecule has 2 aliphatic rings. The number of hydrogen-bond donors (Lipinski definition) is 1. The third-order valence-electron chi connectivity index (χ3n) is 4.89. The predicted molar refractivity (Wildman–Crippen MR) is 116 cm³/mol. The maximum Gasteiger partial charge on any atom is 0.316 e. The molecule has 1 aromatic heterocycles. The van der Waals surface area contributed by atoms with E-state index in [4.69, 9.17) is 9.47 Å². The van der Waals surface area contributed by atoms with Crippen LogP contribution < -0.4 is 5.32 Å². The molecule has 1 atom stereocenters. The lowest BCUT2D eigenvalue weighted by Crippen LogP contribution is -2.36. The molecule has 4 rings (SSSR count). The van der Waals surface area contributed by atoms with Crippen LogP contribution in [0.4, 0.5) is 5.13 Å². The van der Waals surface area contributed by atoms with Crippen LogP contribution in [0.1, 0.15) is 50.8 Å². The molecule has 0 radical (unpaired) electrons. The number of aromatic nitrogens is 2. The van der Waals surface area contributed by atoms with Gasteiger partial charge >= 0.3 is 5.97 Å². The summed E-state index contributed by atoms with van der Waals surface area (Å²) in [6.45, 7) is 2.88. The molecule has 1 N–H and O–H groups in total. The van der Waals surface area contributed by atoms with Gasteiger partial charge in [0.05, 0.1) is 36.1 Å². The third kappa shape index (κ3) is 4.81. The van der Waals surface area contributed by atoms with Crippen LogP contribution in [0.2, 0.25) is 0 Å². The van der Waals surface area contributed by atoms with Gasteiger partial charge in [-0.3, -0.25) is 29.4 Å². The van der Waals surface area contributed by atoms with Gasteiger partial charge in [0.25, 0.3) is 17.7 Å². The lowest BCUT2D eigenvalue weighted by atomic mass is 10.1. The van der Waals surface area contributed by atoms with Crippen molar-refractivity contribution in [3.63, 3.8) is 0 Å². The highest BCUT2D eigenvalue weighted by molar-refractivity contribution is 8.01. The fourth-order valence-electron chi connectivity index (χ4n) is 3.40. The minimum Gasteiger partial charge on any atom is -0.465 e. The summed E-state index contributed by atoms with van der Waals surface area (Å²) >= 11 is 2.28. The Labute approximate surface area is 191 Å². The number of amides is 3. The van der Waals surface area contributed by atoms with Gasteiger partial charge < -0.3 is 9.47 Å². The smallest absolute Gasteiger partial charge is 0.316 e. The molecule has 168 valence electrons. The van der Waals surface area contributed by atoms with E-state index < -0.39 is 11.8 Å². The molecule has 10 nitrogen and oxygen atoms in total. The number of esters is 1. The van der Waals surface area contributed by atoms with Crippen LogP contribution in [0.5, 0.6) is 0 Å². The van der Waals surface area contributed by atoms with Crippen LogP contribution in [0.15, 0.2) is 22.5 Å². The number of ether oxygens (including phenoxy) is 2. The zero-order valence-electron chi connectivity index (χ0n) is 17.2. The van der Waals surface area contributed by atoms with Crippen molar-refractivity contribution in [3.05, 3.63) is 34.9 Å². The van der Waals surface area contributed by atoms with Gasteiger partial charge in [0.1, 0.15) is 0 Å². The van der Waals surface area contributed by atoms with Crippen molar-refractivity contribution in [3.8, 4) is 0 Å². The van der Waals surface area contributed by atoms with Gasteiger partial charge in [0.15, 0.2) is 4.34 Å². The maximum absolute atomic E-state index is 12.8. The number of hydrogen-bond acceptors (Lipinski definition) is 10. The van der Waals surface area contributed by atoms with E-state index in [0.717, 1.165) is 35.9 Å². The number of nitrogens with one attached hydrogen (secondary N) is 1. The van der Waals surface area contributed by atoms with E-state index in [-0.39, 0.29) is 52.1 Å². The summed E-state index contributed by atoms with van der Waals surface area (Å²) < 4.78 is 10.9. The normalized spacial score (nSPS) is 17.5. The first-order chi connectivity index (χ1) is 15.5. The van der Waals surface area contributed by atoms with E-state index >= 15 is 0 Å². The predicted octanol–water partition coefficient (Wildman–Crippen LogP) is 2.22. The standard InChI is InChI=1S/C20H20N4O6S2/c1-2-29-15(25)10-31-20-23-22-19(32-20)21-16(26)11-5-6-13-14(8-11)18(28)24(17(13)27)9-12-4-3-7-30-12/h5-6,8,12H,2-4,7,9-10H2,1H3,(H,21,22,26). The number of thioether (sulfide) groups is 1. The molecular weight excluding hydrogens is 456 g/mol. The number of rotatable bonds is 8. The summed E-state index contributed by atoms with van der Waals surface area (Å²) in [5.74, 6) is -1.55. The first-order valence-corrected chi connectivity index (χ1v) is 11.8. The molecule has 1 aromatic carbocycles. The molecule has 0 saturated carbocycles. The van der Waals surface area contributed by atoms with Gasteiger partial charge in [0, 0.05) is 12.2 Å². The molecule has 0 bridgehead atoms. The third-order valence-corrected chi connectivity index (χ3v) is 6.83. The van der Waals surface area contributed by atoms with Crippen molar-refractivity contribution in [2.45, 2.75) is 30.2 Å². The van der Waals surface area contributed by atoms with Gasteiger partial charge in [0.2, 0.25) is 5.13 Å². The van der Waals surface area contributed by atoms with Crippen molar-refractivity contribution in [1.29, 1.82) is 0 Å². The van der Waals surface area contributed by atoms with Gasteiger partial charge in [-0.15, -0.1) is 10.2 Å². The number of nitrogens with zero attached hydrogens (tertiary/aromatic N) is 3. The first kappa shape index (κ1) is 22.4. The average Bonchev–Trinajstić information content (AvgIpc) is 3.51. The zero-order chi connectivity index (χ0) is 22.7. The van der Waals surface area contributed by atoms with Crippen LogP contribution >= 0.6 is 23.1 Å². The molecule has 0 aliphatic carbocycles. The highest BCUT2D eigenvalue weighted by Crippen LogP contribution is 2.28. The van der Waals surface area contributed by atoms with Gasteiger partial charge in [-0.25, -0.2) is 0 Å². The molecule has 1 fully saturated rings. The monoisotopic (exact) mass is 476 g/mol. The topological polar surface area (TPSA) is 128 Å². The number of imide groups is 1. The highest BCUT2D eigenvalue weighted by atomic mass is 32.2. The van der Waals surface area contributed by atoms with Gasteiger partial charge in [-0.2, -0.15) is 0 Å². The Morgan fingerprint density at radius 3 is 2.84 bits per heavy atom. The number of carbonyl (C=O) groups is 4. The fourth-order valence-corrected chi connectivity index (χ4v) is 4.95. The van der Waals surface area contributed by atoms with Crippen LogP contribution in [0.25, 0.3) is 0 Å². The van der Waals surface area contributed by atoms with Gasteiger partial charge in [-0.1, -0.05) is 23.1 Å². The van der Waals surface area contributed by atoms with E-state index in [9.17, 15) is 19.2 Å². The van der Waals surface area contributed by atoms with Crippen LogP contribution in [-0.2, 0) is 14.3 Å². The zero-order valence-corrected chi connectivity index (χ0v) is 18.8. The Kier molecular flexibility index (Phi) is 6.82. The summed E-state index contributed by atoms with van der Waals surface area (Å²) in [6.07, 6.45) is 1.57. The second-order valence-electron chi connectivity index (χ2n) is 7.04. The van der Waals surface area contributed by atoms with Crippen molar-refractivity contribution < 1.29 is 28.7 Å². The Morgan fingerprint density at radius 1 is 1.28 bits per heavy atom. The first-order valence-electron chi connectivity index (χ1n) is 10.0. The Bertz CT molecular complexity index is 1070. The van der Waals surface area contributed by atoms with E-state index in [1.165, 1.54) is 23.1 Å². The van der Waals surface area contributed by atoms with Crippen LogP contribution in [-0.4, -0.2) is 70.4 Å². The minimum absolute atomic E-state index is 0.0970. The number of anilines is 1. The summed E-state index contributed by atoms with van der Waals surface area (Å²) in [7, 11) is 0. The van der Waals surface area contributed by atoms with E-state index in [1.807, 2.05) is 0 Å². The largest absolute Gasteiger partial charge is 0.465 e. The van der Waals surface area contributed by atoms with Crippen LogP contribution in [0, 0.1) is 0 Å². The summed E-state index contributed by atoms with van der Waals surface area (Å²) in [5.41, 5.74) is 0.696. The summed E-state index contributed by atoms with van der Waals surface area (Å²) in [4.78, 5) is 50.6. The minimum atomic E-state index is -0.483. The molecule has 3 heterocycles. The molecule has 0 spiro atoms. The lowest BCUT2D eigenvalue weighted by molar-refractivity contribution is -0.139. The van der Waals surface area contributed by atoms with Crippen LogP contribution in [0.3, 0.4) is 0 Å². The SMILES string of the molecule is CCOC(=O)CSc1nnc(NC(=O)c2ccc3c(c2)C(=O)N(CC2CCCO2)C3=O)s1. The number of fused-ring (bicyclic) bond motifs is 1. The molecule has 2 aromatic rings. The van der Waals surface area contributed by atoms with Crippen molar-refractivity contribution >= 4 is 51.9 Å². The van der Waals surface area contributed by atoms with E-state index in [0.29, 0.717) is 17.6 Å². The average molecular weight is 477 g/mol.